The molecule has 0 aliphatic heterocycles. The molecule has 0 saturated carbocycles. The third kappa shape index (κ3) is 8.64. The van der Waals surface area contributed by atoms with E-state index >= 15 is 0 Å². The molecule has 0 aliphatic carbocycles. The zero-order valence-corrected chi connectivity index (χ0v) is 22.7. The van der Waals surface area contributed by atoms with Crippen molar-refractivity contribution in [2.24, 2.45) is 0 Å². The average Bonchev–Trinajstić information content (AvgIpc) is 2.85. The summed E-state index contributed by atoms with van der Waals surface area (Å²) >= 11 is 0. The summed E-state index contributed by atoms with van der Waals surface area (Å²) < 4.78 is 70.4. The summed E-state index contributed by atoms with van der Waals surface area (Å²) in [7, 11) is -2.42. The molecule has 2 aromatic rings. The van der Waals surface area contributed by atoms with Crippen LogP contribution in [0.4, 0.5) is 18.9 Å². The molecule has 2 rings (SSSR count). The van der Waals surface area contributed by atoms with Crippen LogP contribution in [-0.2, 0) is 32.3 Å². The lowest BCUT2D eigenvalue weighted by atomic mass is 10.1. The molecular formula is C26H34F3N3O5S. The number of sulfonamides is 1. The van der Waals surface area contributed by atoms with Crippen molar-refractivity contribution < 1.29 is 35.9 Å². The van der Waals surface area contributed by atoms with Gasteiger partial charge in [0.1, 0.15) is 11.8 Å². The maximum Gasteiger partial charge on any atom is 0.416 e. The van der Waals surface area contributed by atoms with Crippen LogP contribution in [0.15, 0.2) is 48.5 Å². The van der Waals surface area contributed by atoms with Crippen molar-refractivity contribution in [1.82, 2.24) is 10.2 Å². The van der Waals surface area contributed by atoms with E-state index in [0.29, 0.717) is 18.7 Å². The minimum atomic E-state index is -4.63. The lowest BCUT2D eigenvalue weighted by Crippen LogP contribution is -2.49. The van der Waals surface area contributed by atoms with Crippen molar-refractivity contribution in [3.63, 3.8) is 0 Å². The number of halogens is 3. The van der Waals surface area contributed by atoms with E-state index in [-0.39, 0.29) is 43.4 Å². The minimum Gasteiger partial charge on any atom is -0.497 e. The van der Waals surface area contributed by atoms with Crippen LogP contribution in [0.1, 0.15) is 44.2 Å². The molecule has 0 fully saturated rings. The fourth-order valence-electron chi connectivity index (χ4n) is 4.02. The highest BCUT2D eigenvalue weighted by atomic mass is 32.2. The Labute approximate surface area is 221 Å². The van der Waals surface area contributed by atoms with Gasteiger partial charge in [0, 0.05) is 26.1 Å². The standard InChI is InChI=1S/C26H34F3N3O5S/c1-5-23(25(34)30-6-2)31(18-19-10-7-13-22(16-19)37-3)24(33)14-9-15-32(38(4,35)36)21-12-8-11-20(17-21)26(27,28)29/h7-8,10-13,16-17,23H,5-6,9,14-15,18H2,1-4H3,(H,30,34). The molecule has 0 aromatic heterocycles. The Morgan fingerprint density at radius 3 is 2.34 bits per heavy atom. The summed E-state index contributed by atoms with van der Waals surface area (Å²) in [6.07, 6.45) is -3.48. The number of nitrogens with zero attached hydrogens (tertiary/aromatic N) is 2. The molecule has 0 saturated heterocycles. The topological polar surface area (TPSA) is 96.0 Å². The Hall–Kier alpha value is -3.28. The molecule has 210 valence electrons. The normalized spacial score (nSPS) is 12.5. The van der Waals surface area contributed by atoms with Crippen molar-refractivity contribution in [3.8, 4) is 5.75 Å². The zero-order valence-electron chi connectivity index (χ0n) is 21.9. The molecule has 0 aliphatic rings. The highest BCUT2D eigenvalue weighted by Gasteiger charge is 2.32. The Morgan fingerprint density at radius 1 is 1.08 bits per heavy atom. The number of hydrogen-bond donors (Lipinski definition) is 1. The number of anilines is 1. The van der Waals surface area contributed by atoms with Gasteiger partial charge in [0.2, 0.25) is 21.8 Å². The number of methoxy groups -OCH3 is 1. The summed E-state index contributed by atoms with van der Waals surface area (Å²) in [6.45, 7) is 3.85. The smallest absolute Gasteiger partial charge is 0.416 e. The van der Waals surface area contributed by atoms with Gasteiger partial charge in [-0.05, 0) is 55.7 Å². The Morgan fingerprint density at radius 2 is 1.76 bits per heavy atom. The second-order valence-electron chi connectivity index (χ2n) is 8.68. The molecule has 0 spiro atoms. The van der Waals surface area contributed by atoms with E-state index in [2.05, 4.69) is 5.32 Å². The van der Waals surface area contributed by atoms with E-state index < -0.39 is 27.8 Å². The van der Waals surface area contributed by atoms with Crippen LogP contribution >= 0.6 is 0 Å². The van der Waals surface area contributed by atoms with Crippen molar-refractivity contribution in [2.75, 3.05) is 30.8 Å². The van der Waals surface area contributed by atoms with Crippen LogP contribution in [-0.4, -0.2) is 57.6 Å². The van der Waals surface area contributed by atoms with Gasteiger partial charge in [0.05, 0.1) is 24.6 Å². The Balaban J connectivity index is 2.26. The van der Waals surface area contributed by atoms with Gasteiger partial charge in [-0.1, -0.05) is 25.1 Å². The van der Waals surface area contributed by atoms with E-state index in [1.54, 1.807) is 38.1 Å². The molecule has 0 heterocycles. The first kappa shape index (κ1) is 30.9. The van der Waals surface area contributed by atoms with Crippen molar-refractivity contribution in [3.05, 3.63) is 59.7 Å². The molecule has 12 heteroatoms. The first-order valence-corrected chi connectivity index (χ1v) is 14.0. The second kappa shape index (κ2) is 13.5. The number of alkyl halides is 3. The van der Waals surface area contributed by atoms with Gasteiger partial charge in [-0.3, -0.25) is 13.9 Å². The fraction of sp³-hybridized carbons (Fsp3) is 0.462. The predicted octanol–water partition coefficient (Wildman–Crippen LogP) is 4.20. The van der Waals surface area contributed by atoms with Gasteiger partial charge in [-0.15, -0.1) is 0 Å². The Kier molecular flexibility index (Phi) is 11.0. The van der Waals surface area contributed by atoms with Crippen LogP contribution < -0.4 is 14.4 Å². The fourth-order valence-corrected chi connectivity index (χ4v) is 4.98. The lowest BCUT2D eigenvalue weighted by Gasteiger charge is -2.31. The number of likely N-dealkylation sites (N-methyl/N-ethyl adjacent to an activating group) is 1. The number of carbonyl (C=O) groups excluding carboxylic acids is 2. The molecule has 38 heavy (non-hydrogen) atoms. The summed E-state index contributed by atoms with van der Waals surface area (Å²) in [5.41, 5.74) is -0.379. The average molecular weight is 558 g/mol. The van der Waals surface area contributed by atoms with Gasteiger partial charge in [-0.2, -0.15) is 13.2 Å². The Bertz CT molecular complexity index is 1200. The lowest BCUT2D eigenvalue weighted by molar-refractivity contribution is -0.141. The summed E-state index contributed by atoms with van der Waals surface area (Å²) in [6, 6.07) is 10.3. The van der Waals surface area contributed by atoms with Gasteiger partial charge in [0.15, 0.2) is 0 Å². The molecule has 0 radical (unpaired) electrons. The van der Waals surface area contributed by atoms with Gasteiger partial charge in [0.25, 0.3) is 0 Å². The van der Waals surface area contributed by atoms with E-state index in [9.17, 15) is 31.2 Å². The number of carbonyl (C=O) groups is 2. The monoisotopic (exact) mass is 557 g/mol. The molecule has 1 unspecified atom stereocenters. The number of ether oxygens (including phenoxy) is 1. The first-order valence-electron chi connectivity index (χ1n) is 12.2. The molecule has 1 N–H and O–H groups in total. The van der Waals surface area contributed by atoms with Crippen molar-refractivity contribution in [2.45, 2.75) is 51.9 Å². The number of benzene rings is 2. The molecule has 0 bridgehead atoms. The number of amides is 2. The summed E-state index contributed by atoms with van der Waals surface area (Å²) in [5, 5.41) is 2.74. The van der Waals surface area contributed by atoms with Crippen LogP contribution in [0.2, 0.25) is 0 Å². The molecule has 1 atom stereocenters. The van der Waals surface area contributed by atoms with Crippen LogP contribution in [0, 0.1) is 0 Å². The molecule has 2 aromatic carbocycles. The minimum absolute atomic E-state index is 0.0303. The van der Waals surface area contributed by atoms with Crippen molar-refractivity contribution >= 4 is 27.5 Å². The van der Waals surface area contributed by atoms with E-state index in [1.165, 1.54) is 18.1 Å². The first-order chi connectivity index (χ1) is 17.8. The van der Waals surface area contributed by atoms with E-state index in [4.69, 9.17) is 4.74 Å². The van der Waals surface area contributed by atoms with Crippen LogP contribution in [0.3, 0.4) is 0 Å². The summed E-state index contributed by atoms with van der Waals surface area (Å²) in [4.78, 5) is 27.5. The van der Waals surface area contributed by atoms with Gasteiger partial charge >= 0.3 is 6.18 Å². The maximum atomic E-state index is 13.4. The largest absolute Gasteiger partial charge is 0.497 e. The number of hydrogen-bond acceptors (Lipinski definition) is 5. The number of rotatable bonds is 13. The third-order valence-corrected chi connectivity index (χ3v) is 7.03. The quantitative estimate of drug-likeness (QED) is 0.398. The maximum absolute atomic E-state index is 13.4. The van der Waals surface area contributed by atoms with Crippen molar-refractivity contribution in [1.29, 1.82) is 0 Å². The van der Waals surface area contributed by atoms with Gasteiger partial charge in [-0.25, -0.2) is 8.42 Å². The zero-order chi connectivity index (χ0) is 28.5. The van der Waals surface area contributed by atoms with E-state index in [0.717, 1.165) is 34.3 Å². The highest BCUT2D eigenvalue weighted by Crippen LogP contribution is 2.32. The third-order valence-electron chi connectivity index (χ3n) is 5.84. The van der Waals surface area contributed by atoms with E-state index in [1.807, 2.05) is 0 Å². The van der Waals surface area contributed by atoms with Crippen LogP contribution in [0.25, 0.3) is 0 Å². The predicted molar refractivity (Wildman–Crippen MR) is 139 cm³/mol. The molecular weight excluding hydrogens is 523 g/mol. The number of nitrogens with one attached hydrogen (secondary N) is 1. The highest BCUT2D eigenvalue weighted by molar-refractivity contribution is 7.92. The SMILES string of the molecule is CCNC(=O)C(CC)N(Cc1cccc(OC)c1)C(=O)CCCN(c1cccc(C(F)(F)F)c1)S(C)(=O)=O. The van der Waals surface area contributed by atoms with Gasteiger partial charge < -0.3 is 15.0 Å². The molecule has 8 nitrogen and oxygen atoms in total. The van der Waals surface area contributed by atoms with Crippen LogP contribution in [0.5, 0.6) is 5.75 Å². The second-order valence-corrected chi connectivity index (χ2v) is 10.6. The molecule has 2 amide bonds. The summed E-state index contributed by atoms with van der Waals surface area (Å²) in [5.74, 6) is -0.109.